The molecule has 2 fully saturated rings. The lowest BCUT2D eigenvalue weighted by Crippen LogP contribution is -2.52. The van der Waals surface area contributed by atoms with E-state index in [-0.39, 0.29) is 32.7 Å². The molecule has 0 atom stereocenters. The van der Waals surface area contributed by atoms with Gasteiger partial charge in [-0.25, -0.2) is 23.0 Å². The highest BCUT2D eigenvalue weighted by Gasteiger charge is 2.46. The van der Waals surface area contributed by atoms with E-state index in [0.29, 0.717) is 10.7 Å². The van der Waals surface area contributed by atoms with Crippen molar-refractivity contribution < 1.29 is 32.0 Å². The number of sulfonamides is 1. The van der Waals surface area contributed by atoms with Crippen LogP contribution in [-0.2, 0) is 31.0 Å². The van der Waals surface area contributed by atoms with Gasteiger partial charge in [-0.05, 0) is 23.8 Å². The Morgan fingerprint density at radius 3 is 2.24 bits per heavy atom. The van der Waals surface area contributed by atoms with E-state index in [1.807, 2.05) is 6.07 Å². The average Bonchev–Trinajstić information content (AvgIpc) is 3.43. The number of imide groups is 2. The van der Waals surface area contributed by atoms with E-state index in [2.05, 4.69) is 0 Å². The number of carbonyl (C=O) groups is 4. The summed E-state index contributed by atoms with van der Waals surface area (Å²) < 4.78 is 31.6. The molecular formula is C22H22N4O7S. The summed E-state index contributed by atoms with van der Waals surface area (Å²) in [6.07, 6.45) is 2.88. The molecule has 0 unspecified atom stereocenters. The third-order valence-corrected chi connectivity index (χ3v) is 7.07. The highest BCUT2D eigenvalue weighted by Crippen LogP contribution is 2.17. The second-order valence-electron chi connectivity index (χ2n) is 7.68. The third kappa shape index (κ3) is 4.92. The first-order valence-electron chi connectivity index (χ1n) is 10.5. The van der Waals surface area contributed by atoms with Crippen molar-refractivity contribution in [3.63, 3.8) is 0 Å². The molecule has 0 saturated carbocycles. The number of rotatable bonds is 7. The lowest BCUT2D eigenvalue weighted by molar-refractivity contribution is -0.145. The largest absolute Gasteiger partial charge is 0.467 e. The molecule has 1 aromatic heterocycles. The Bertz CT molecular complexity index is 1220. The fraction of sp³-hybridized carbons (Fsp3) is 0.273. The average molecular weight is 487 g/mol. The van der Waals surface area contributed by atoms with Gasteiger partial charge in [-0.1, -0.05) is 30.3 Å². The molecule has 2 aromatic rings. The second kappa shape index (κ2) is 9.61. The molecule has 1 aromatic carbocycles. The molecule has 178 valence electrons. The van der Waals surface area contributed by atoms with Crippen LogP contribution in [0.25, 0.3) is 6.08 Å². The molecule has 4 rings (SSSR count). The van der Waals surface area contributed by atoms with Crippen molar-refractivity contribution >= 4 is 39.9 Å². The van der Waals surface area contributed by atoms with Gasteiger partial charge in [0.25, 0.3) is 0 Å². The van der Waals surface area contributed by atoms with Gasteiger partial charge in [0.1, 0.15) is 12.3 Å². The van der Waals surface area contributed by atoms with Gasteiger partial charge < -0.3 is 9.32 Å². The molecular weight excluding hydrogens is 464 g/mol. The number of piperazine rings is 1. The number of furan rings is 1. The summed E-state index contributed by atoms with van der Waals surface area (Å²) in [5.41, 5.74) is 0.746. The van der Waals surface area contributed by atoms with Crippen molar-refractivity contribution in [3.8, 4) is 0 Å². The van der Waals surface area contributed by atoms with Gasteiger partial charge in [0.05, 0.1) is 12.8 Å². The zero-order chi connectivity index (χ0) is 24.3. The Balaban J connectivity index is 1.33. The topological polar surface area (TPSA) is 129 Å². The molecule has 0 radical (unpaired) electrons. The Morgan fingerprint density at radius 2 is 1.59 bits per heavy atom. The molecule has 12 heteroatoms. The molecule has 5 amide bonds. The predicted molar refractivity (Wildman–Crippen MR) is 119 cm³/mol. The SMILES string of the molecule is O=C(CN1C(=O)C(=O)N(Cc2ccco2)C1=O)N1CCN(S(=O)(=O)C=Cc2ccccc2)CC1. The Kier molecular flexibility index (Phi) is 6.61. The van der Waals surface area contributed by atoms with Crippen LogP contribution in [0.15, 0.2) is 58.6 Å². The molecule has 2 saturated heterocycles. The minimum absolute atomic E-state index is 0.0681. The second-order valence-corrected chi connectivity index (χ2v) is 9.50. The molecule has 11 nitrogen and oxygen atoms in total. The highest BCUT2D eigenvalue weighted by atomic mass is 32.2. The number of urea groups is 1. The standard InChI is InChI=1S/C22H22N4O7S/c27-19(16-26-21(29)20(28)25(22(26)30)15-18-7-4-13-33-18)23-9-11-24(12-10-23)34(31,32)14-8-17-5-2-1-3-6-17/h1-8,13-14H,9-12,15-16H2. The zero-order valence-corrected chi connectivity index (χ0v) is 18.9. The normalized spacial score (nSPS) is 17.9. The fourth-order valence-corrected chi connectivity index (χ4v) is 4.80. The van der Waals surface area contributed by atoms with Crippen LogP contribution in [0.2, 0.25) is 0 Å². The molecule has 0 spiro atoms. The fourth-order valence-electron chi connectivity index (χ4n) is 3.63. The van der Waals surface area contributed by atoms with Crippen LogP contribution in [0.4, 0.5) is 4.79 Å². The van der Waals surface area contributed by atoms with Gasteiger partial charge >= 0.3 is 17.8 Å². The minimum atomic E-state index is -3.67. The third-order valence-electron chi connectivity index (χ3n) is 5.51. The Morgan fingerprint density at radius 1 is 0.912 bits per heavy atom. The number of nitrogens with zero attached hydrogens (tertiary/aromatic N) is 4. The summed E-state index contributed by atoms with van der Waals surface area (Å²) in [7, 11) is -3.67. The molecule has 0 N–H and O–H groups in total. The molecule has 2 aliphatic rings. The first-order chi connectivity index (χ1) is 16.3. The van der Waals surface area contributed by atoms with Crippen molar-refractivity contribution in [3.05, 3.63) is 65.5 Å². The highest BCUT2D eigenvalue weighted by molar-refractivity contribution is 7.92. The zero-order valence-electron chi connectivity index (χ0n) is 18.1. The van der Waals surface area contributed by atoms with Crippen LogP contribution in [0.1, 0.15) is 11.3 Å². The van der Waals surface area contributed by atoms with Gasteiger partial charge in [-0.2, -0.15) is 4.31 Å². The predicted octanol–water partition coefficient (Wildman–Crippen LogP) is 0.715. The van der Waals surface area contributed by atoms with E-state index in [1.54, 1.807) is 36.4 Å². The Hall–Kier alpha value is -3.77. The van der Waals surface area contributed by atoms with E-state index in [4.69, 9.17) is 4.42 Å². The van der Waals surface area contributed by atoms with Gasteiger partial charge in [-0.3, -0.25) is 14.4 Å². The molecule has 0 bridgehead atoms. The number of amides is 5. The van der Waals surface area contributed by atoms with Crippen molar-refractivity contribution in [2.45, 2.75) is 6.54 Å². The van der Waals surface area contributed by atoms with E-state index in [1.165, 1.54) is 21.5 Å². The van der Waals surface area contributed by atoms with Crippen LogP contribution in [0.3, 0.4) is 0 Å². The monoisotopic (exact) mass is 486 g/mol. The van der Waals surface area contributed by atoms with Gasteiger partial charge in [0.15, 0.2) is 0 Å². The van der Waals surface area contributed by atoms with Gasteiger partial charge in [-0.15, -0.1) is 0 Å². The summed E-state index contributed by atoms with van der Waals surface area (Å²) in [4.78, 5) is 52.4. The van der Waals surface area contributed by atoms with Crippen LogP contribution < -0.4 is 0 Å². The summed E-state index contributed by atoms with van der Waals surface area (Å²) >= 11 is 0. The lowest BCUT2D eigenvalue weighted by atomic mass is 10.2. The maximum absolute atomic E-state index is 12.7. The Labute approximate surface area is 195 Å². The summed E-state index contributed by atoms with van der Waals surface area (Å²) in [6.45, 7) is -0.487. The quantitative estimate of drug-likeness (QED) is 0.416. The maximum Gasteiger partial charge on any atom is 0.335 e. The summed E-state index contributed by atoms with van der Waals surface area (Å²) in [5.74, 6) is -2.35. The van der Waals surface area contributed by atoms with Gasteiger partial charge in [0, 0.05) is 31.6 Å². The van der Waals surface area contributed by atoms with Crippen LogP contribution >= 0.6 is 0 Å². The molecule has 2 aliphatic heterocycles. The van der Waals surface area contributed by atoms with E-state index < -0.39 is 40.3 Å². The first-order valence-corrected chi connectivity index (χ1v) is 12.0. The van der Waals surface area contributed by atoms with Crippen molar-refractivity contribution in [2.75, 3.05) is 32.7 Å². The van der Waals surface area contributed by atoms with E-state index in [9.17, 15) is 27.6 Å². The van der Waals surface area contributed by atoms with Crippen molar-refractivity contribution in [1.82, 2.24) is 19.0 Å². The van der Waals surface area contributed by atoms with Crippen LogP contribution in [-0.4, -0.2) is 83.9 Å². The maximum atomic E-state index is 12.7. The first kappa shape index (κ1) is 23.4. The van der Waals surface area contributed by atoms with Crippen molar-refractivity contribution in [2.24, 2.45) is 0 Å². The van der Waals surface area contributed by atoms with Crippen LogP contribution in [0.5, 0.6) is 0 Å². The molecule has 0 aliphatic carbocycles. The summed E-state index contributed by atoms with van der Waals surface area (Å²) in [5, 5.41) is 1.13. The number of carbonyl (C=O) groups excluding carboxylic acids is 4. The lowest BCUT2D eigenvalue weighted by Gasteiger charge is -2.33. The van der Waals surface area contributed by atoms with Crippen LogP contribution in [0, 0.1) is 0 Å². The number of benzene rings is 1. The molecule has 34 heavy (non-hydrogen) atoms. The van der Waals surface area contributed by atoms with Crippen molar-refractivity contribution in [1.29, 1.82) is 0 Å². The molecule has 3 heterocycles. The van der Waals surface area contributed by atoms with Gasteiger partial charge in [0.2, 0.25) is 15.9 Å². The smallest absolute Gasteiger partial charge is 0.335 e. The minimum Gasteiger partial charge on any atom is -0.467 e. The van der Waals surface area contributed by atoms with E-state index in [0.717, 1.165) is 15.9 Å². The number of hydrogen-bond donors (Lipinski definition) is 0. The summed E-state index contributed by atoms with van der Waals surface area (Å²) in [6, 6.07) is 11.2. The van der Waals surface area contributed by atoms with E-state index >= 15 is 0 Å². The number of hydrogen-bond acceptors (Lipinski definition) is 7.